The molecule has 0 aliphatic carbocycles. The van der Waals surface area contributed by atoms with Crippen molar-refractivity contribution in [1.82, 2.24) is 10.2 Å². The number of hydrogen-bond acceptors (Lipinski definition) is 6. The molecular formula is C44H58Cl2N4O4. The molecule has 4 N–H and O–H groups in total. The van der Waals surface area contributed by atoms with Gasteiger partial charge in [0.15, 0.2) is 0 Å². The minimum atomic E-state index is -0.879. The highest BCUT2D eigenvalue weighted by Gasteiger charge is 2.14. The summed E-state index contributed by atoms with van der Waals surface area (Å²) in [5.41, 5.74) is 10.5. The summed E-state index contributed by atoms with van der Waals surface area (Å²) >= 11 is 11.3. The second-order valence-corrected chi connectivity index (χ2v) is 14.8. The largest absolute Gasteiger partial charge is 0.478 e. The van der Waals surface area contributed by atoms with Crippen LogP contribution in [0, 0.1) is 18.3 Å². The Morgan fingerprint density at radius 1 is 0.741 bits per heavy atom. The summed E-state index contributed by atoms with van der Waals surface area (Å²) in [6.07, 6.45) is 0. The van der Waals surface area contributed by atoms with Gasteiger partial charge < -0.3 is 21.1 Å². The quantitative estimate of drug-likeness (QED) is 0.131. The van der Waals surface area contributed by atoms with E-state index < -0.39 is 11.2 Å². The highest BCUT2D eigenvalue weighted by atomic mass is 35.5. The van der Waals surface area contributed by atoms with Crippen molar-refractivity contribution in [3.8, 4) is 6.07 Å². The number of carboxylic acid groups (broad SMARTS) is 1. The van der Waals surface area contributed by atoms with E-state index in [1.807, 2.05) is 86.7 Å². The highest BCUT2D eigenvalue weighted by molar-refractivity contribution is 6.67. The van der Waals surface area contributed by atoms with Gasteiger partial charge in [0.25, 0.3) is 11.1 Å². The van der Waals surface area contributed by atoms with Crippen molar-refractivity contribution in [1.29, 1.82) is 5.26 Å². The highest BCUT2D eigenvalue weighted by Crippen LogP contribution is 2.16. The number of hydrogen-bond donors (Lipinski definition) is 3. The van der Waals surface area contributed by atoms with Crippen molar-refractivity contribution >= 4 is 40.3 Å². The molecule has 0 radical (unpaired) electrons. The maximum absolute atomic E-state index is 11.5. The maximum Gasteiger partial charge on any atom is 0.335 e. The van der Waals surface area contributed by atoms with E-state index in [0.717, 1.165) is 17.3 Å². The molecule has 0 aliphatic heterocycles. The summed E-state index contributed by atoms with van der Waals surface area (Å²) in [4.78, 5) is 34.2. The third-order valence-corrected chi connectivity index (χ3v) is 6.72. The van der Waals surface area contributed by atoms with Crippen molar-refractivity contribution in [2.75, 3.05) is 7.05 Å². The maximum atomic E-state index is 11.5. The van der Waals surface area contributed by atoms with Crippen LogP contribution in [0.3, 0.4) is 0 Å². The van der Waals surface area contributed by atoms with Crippen LogP contribution in [0.5, 0.6) is 0 Å². The first-order valence-electron chi connectivity index (χ1n) is 17.1. The number of benzene rings is 4. The van der Waals surface area contributed by atoms with Crippen LogP contribution in [0.25, 0.3) is 0 Å². The summed E-state index contributed by atoms with van der Waals surface area (Å²) in [5, 5.41) is 19.0. The Kier molecular flexibility index (Phi) is 26.2. The molecule has 292 valence electrons. The summed E-state index contributed by atoms with van der Waals surface area (Å²) in [6, 6.07) is 36.5. The van der Waals surface area contributed by atoms with Gasteiger partial charge in [-0.25, -0.2) is 4.79 Å². The van der Waals surface area contributed by atoms with Gasteiger partial charge in [0.1, 0.15) is 5.16 Å². The second-order valence-electron chi connectivity index (χ2n) is 14.1. The first kappa shape index (κ1) is 51.2. The lowest BCUT2D eigenvalue weighted by Crippen LogP contribution is -2.40. The van der Waals surface area contributed by atoms with E-state index in [0.29, 0.717) is 16.7 Å². The molecule has 0 atom stereocenters. The lowest BCUT2D eigenvalue weighted by Gasteiger charge is -2.20. The molecule has 0 spiro atoms. The number of carboxylic acids is 1. The monoisotopic (exact) mass is 776 g/mol. The fraction of sp³-hybridized carbons (Fsp3) is 0.318. The molecule has 0 saturated carbocycles. The predicted octanol–water partition coefficient (Wildman–Crippen LogP) is 10.9. The fourth-order valence-corrected chi connectivity index (χ4v) is 3.76. The van der Waals surface area contributed by atoms with E-state index >= 15 is 0 Å². The van der Waals surface area contributed by atoms with Crippen molar-refractivity contribution in [3.63, 3.8) is 0 Å². The minimum absolute atomic E-state index is 0. The number of nitrogens with zero attached hydrogens (tertiary/aromatic N) is 2. The Hall–Kier alpha value is -4.94. The third kappa shape index (κ3) is 29.6. The average molecular weight is 778 g/mol. The van der Waals surface area contributed by atoms with E-state index in [1.165, 1.54) is 18.1 Å². The minimum Gasteiger partial charge on any atom is -0.478 e. The van der Waals surface area contributed by atoms with Crippen LogP contribution in [0.4, 0.5) is 0 Å². The van der Waals surface area contributed by atoms with Crippen molar-refractivity contribution in [3.05, 3.63) is 154 Å². The molecule has 8 nitrogen and oxygen atoms in total. The zero-order valence-electron chi connectivity index (χ0n) is 33.6. The lowest BCUT2D eigenvalue weighted by molar-refractivity contribution is 0.0696. The Labute approximate surface area is 333 Å². The van der Waals surface area contributed by atoms with Gasteiger partial charge in [-0.3, -0.25) is 9.59 Å². The van der Waals surface area contributed by atoms with E-state index in [1.54, 1.807) is 72.8 Å². The summed E-state index contributed by atoms with van der Waals surface area (Å²) in [7, 11) is 2.01. The number of nitrogens with one attached hydrogen (secondary N) is 1. The first-order chi connectivity index (χ1) is 25.0. The van der Waals surface area contributed by atoms with Gasteiger partial charge >= 0.3 is 5.97 Å². The van der Waals surface area contributed by atoms with Crippen LogP contribution in [0.2, 0.25) is 0 Å². The Morgan fingerprint density at radius 3 is 1.37 bits per heavy atom. The number of allylic oxidation sites excluding steroid dienone is 1. The molecule has 0 heterocycles. The first-order valence-corrected chi connectivity index (χ1v) is 17.9. The molecule has 0 unspecified atom stereocenters. The summed E-state index contributed by atoms with van der Waals surface area (Å²) < 4.78 is 0. The average Bonchev–Trinajstić information content (AvgIpc) is 3.10. The zero-order chi connectivity index (χ0) is 41.9. The van der Waals surface area contributed by atoms with Crippen molar-refractivity contribution < 1.29 is 19.5 Å². The number of amides is 1. The number of aromatic carboxylic acids is 1. The van der Waals surface area contributed by atoms with Crippen LogP contribution in [0.15, 0.2) is 126 Å². The Bertz CT molecular complexity index is 1650. The lowest BCUT2D eigenvalue weighted by atomic mass is 10.1. The van der Waals surface area contributed by atoms with Gasteiger partial charge in [0.05, 0.1) is 11.6 Å². The molecular weight excluding hydrogens is 719 g/mol. The van der Waals surface area contributed by atoms with Gasteiger partial charge in [0.2, 0.25) is 0 Å². The SMILES string of the molecule is CC#N.CC(C)(C)N.CC(C)(C)NC(=O)c1ccccc1.CC(C)=C(Cl)N(C)Cc1ccc(C)cc1.O=C(Cl)c1ccccc1.O=C(O)c1ccccc1. The molecule has 0 bridgehead atoms. The smallest absolute Gasteiger partial charge is 0.335 e. The van der Waals surface area contributed by atoms with Gasteiger partial charge in [0, 0.05) is 42.7 Å². The molecule has 1 amide bonds. The van der Waals surface area contributed by atoms with Crippen LogP contribution in [0.1, 0.15) is 105 Å². The predicted molar refractivity (Wildman–Crippen MR) is 226 cm³/mol. The van der Waals surface area contributed by atoms with Crippen LogP contribution in [-0.4, -0.2) is 45.3 Å². The molecule has 0 aliphatic rings. The topological polar surface area (TPSA) is 137 Å². The van der Waals surface area contributed by atoms with E-state index in [-0.39, 0.29) is 17.0 Å². The zero-order valence-corrected chi connectivity index (χ0v) is 35.1. The standard InChI is InChI=1S/C13H18ClN.C11H15NO.C7H5ClO.C7H6O2.C4H11N.C2H3N/c1-10(2)13(14)15(4)9-12-7-5-11(3)6-8-12;1-11(2,3)12-10(13)9-7-5-4-6-8-9;2*8-7(9)6-4-2-1-3-5-6;1-4(2,3)5;1-2-3/h5-8H,9H2,1-4H3;4-8H,1-3H3,(H,12,13);1-5H;1-5H,(H,8,9);5H2,1-3H3;1H3. The molecule has 4 aromatic carbocycles. The van der Waals surface area contributed by atoms with E-state index in [2.05, 4.69) is 41.4 Å². The van der Waals surface area contributed by atoms with Crippen LogP contribution >= 0.6 is 23.2 Å². The van der Waals surface area contributed by atoms with Gasteiger partial charge in [-0.2, -0.15) is 5.26 Å². The molecule has 54 heavy (non-hydrogen) atoms. The number of rotatable bonds is 6. The number of nitrogens with two attached hydrogens (primary N) is 1. The van der Waals surface area contributed by atoms with Crippen LogP contribution < -0.4 is 11.1 Å². The number of aryl methyl sites for hydroxylation is 1. The normalized spacial score (nSPS) is 9.65. The second kappa shape index (κ2) is 27.6. The summed E-state index contributed by atoms with van der Waals surface area (Å²) in [6.45, 7) is 20.2. The van der Waals surface area contributed by atoms with E-state index in [4.69, 9.17) is 39.3 Å². The molecule has 0 aromatic heterocycles. The summed E-state index contributed by atoms with van der Waals surface area (Å²) in [5.74, 6) is -0.899. The number of carbonyl (C=O) groups excluding carboxylic acids is 2. The Balaban J connectivity index is 0. The molecule has 4 rings (SSSR count). The van der Waals surface area contributed by atoms with Crippen LogP contribution in [-0.2, 0) is 6.54 Å². The molecule has 0 fully saturated rings. The van der Waals surface area contributed by atoms with Gasteiger partial charge in [-0.1, -0.05) is 108 Å². The van der Waals surface area contributed by atoms with Crippen molar-refractivity contribution in [2.24, 2.45) is 5.73 Å². The fourth-order valence-electron chi connectivity index (χ4n) is 3.57. The third-order valence-electron chi connectivity index (χ3n) is 5.83. The van der Waals surface area contributed by atoms with Gasteiger partial charge in [-0.05, 0) is 109 Å². The van der Waals surface area contributed by atoms with E-state index in [9.17, 15) is 14.4 Å². The molecule has 10 heteroatoms. The van der Waals surface area contributed by atoms with Gasteiger partial charge in [-0.15, -0.1) is 0 Å². The number of halogens is 2. The number of carbonyl (C=O) groups is 3. The molecule has 4 aromatic rings. The number of nitriles is 1. The Morgan fingerprint density at radius 2 is 1.09 bits per heavy atom. The van der Waals surface area contributed by atoms with Crippen molar-refractivity contribution in [2.45, 2.75) is 86.9 Å². The molecule has 0 saturated heterocycles.